The molecule has 1 heterocycles. The van der Waals surface area contributed by atoms with Gasteiger partial charge in [0.05, 0.1) is 35.3 Å². The van der Waals surface area contributed by atoms with Crippen molar-refractivity contribution in [1.29, 1.82) is 0 Å². The highest BCUT2D eigenvalue weighted by atomic mass is 35.5. The van der Waals surface area contributed by atoms with E-state index >= 15 is 0 Å². The highest BCUT2D eigenvalue weighted by molar-refractivity contribution is 7.89. The van der Waals surface area contributed by atoms with E-state index in [1.807, 2.05) is 27.7 Å². The molecule has 0 bridgehead atoms. The number of benzene rings is 2. The lowest BCUT2D eigenvalue weighted by Gasteiger charge is -2.35. The van der Waals surface area contributed by atoms with Crippen LogP contribution in [0.15, 0.2) is 47.4 Å². The van der Waals surface area contributed by atoms with Crippen LogP contribution >= 0.6 is 11.6 Å². The molecule has 1 aliphatic rings. The number of carbonyl (C=O) groups is 2. The Balaban J connectivity index is 1.96. The van der Waals surface area contributed by atoms with Gasteiger partial charge >= 0.3 is 6.03 Å². The average molecular weight is 667 g/mol. The first-order chi connectivity index (χ1) is 21.2. The Kier molecular flexibility index (Phi) is 13.5. The van der Waals surface area contributed by atoms with Gasteiger partial charge in [-0.05, 0) is 89.4 Å². The molecular formula is C32H47ClN4O7S. The van der Waals surface area contributed by atoms with Gasteiger partial charge in [0.25, 0.3) is 5.91 Å². The summed E-state index contributed by atoms with van der Waals surface area (Å²) in [6, 6.07) is 9.88. The number of amides is 3. The summed E-state index contributed by atoms with van der Waals surface area (Å²) in [5.41, 5.74) is 0.658. The second kappa shape index (κ2) is 16.6. The number of aliphatic hydroxyl groups is 1. The second-order valence-electron chi connectivity index (χ2n) is 12.0. The van der Waals surface area contributed by atoms with Crippen LogP contribution < -0.4 is 15.4 Å². The number of fused-ring (bicyclic) bond motifs is 1. The fourth-order valence-electron chi connectivity index (χ4n) is 5.03. The van der Waals surface area contributed by atoms with E-state index in [-0.39, 0.29) is 48.2 Å². The van der Waals surface area contributed by atoms with Crippen molar-refractivity contribution < 1.29 is 32.6 Å². The lowest BCUT2D eigenvalue weighted by Crippen LogP contribution is -2.48. The molecule has 0 aromatic heterocycles. The van der Waals surface area contributed by atoms with Crippen LogP contribution in [0.2, 0.25) is 5.02 Å². The maximum Gasteiger partial charge on any atom is 0.319 e. The predicted octanol–water partition coefficient (Wildman–Crippen LogP) is 4.99. The number of hydrogen-bond donors (Lipinski definition) is 3. The molecule has 13 heteroatoms. The Morgan fingerprint density at radius 1 is 1.13 bits per heavy atom. The normalized spacial score (nSPS) is 21.1. The largest absolute Gasteiger partial charge is 0.490 e. The van der Waals surface area contributed by atoms with Crippen LogP contribution in [0.1, 0.15) is 64.2 Å². The van der Waals surface area contributed by atoms with E-state index in [0.29, 0.717) is 29.5 Å². The Hall–Kier alpha value is -2.90. The van der Waals surface area contributed by atoms with Crippen LogP contribution in [0, 0.1) is 5.92 Å². The molecule has 2 aromatic rings. The summed E-state index contributed by atoms with van der Waals surface area (Å²) in [4.78, 5) is 28.3. The standard InChI is InChI=1S/C32H47ClN4O7S/c1-21(2)34-32(40)35-26-12-15-29-28(17-26)31(39)37(23(4)20-38)18-22(3)30(43-16-8-7-9-24(5)44-29)19-36(6)45(41,42)27-13-10-25(33)11-14-27/h10-15,17,21-24,30,38H,7-9,16,18-20H2,1-6H3,(H2,34,35,40)/t22-,23+,24+,30-/m0/s1. The summed E-state index contributed by atoms with van der Waals surface area (Å²) < 4.78 is 40.5. The van der Waals surface area contributed by atoms with Gasteiger partial charge in [0.15, 0.2) is 0 Å². The summed E-state index contributed by atoms with van der Waals surface area (Å²) in [6.07, 6.45) is 1.47. The molecule has 11 nitrogen and oxygen atoms in total. The van der Waals surface area contributed by atoms with Crippen LogP contribution in [0.5, 0.6) is 5.75 Å². The lowest BCUT2D eigenvalue weighted by molar-refractivity contribution is -0.00833. The number of ether oxygens (including phenoxy) is 2. The SMILES string of the molecule is CC(C)NC(=O)Nc1ccc2c(c1)C(=O)N([C@H](C)CO)C[C@H](C)[C@H](CN(C)S(=O)(=O)c1ccc(Cl)cc1)OCCCC[C@@H](C)O2. The van der Waals surface area contributed by atoms with Gasteiger partial charge in [-0.25, -0.2) is 13.2 Å². The van der Waals surface area contributed by atoms with Gasteiger partial charge in [0.2, 0.25) is 10.0 Å². The average Bonchev–Trinajstić information content (AvgIpc) is 2.98. The molecular weight excluding hydrogens is 620 g/mol. The highest BCUT2D eigenvalue weighted by Crippen LogP contribution is 2.29. The summed E-state index contributed by atoms with van der Waals surface area (Å²) in [7, 11) is -2.33. The minimum Gasteiger partial charge on any atom is -0.490 e. The van der Waals surface area contributed by atoms with E-state index in [1.54, 1.807) is 30.0 Å². The van der Waals surface area contributed by atoms with Crippen LogP contribution in [0.3, 0.4) is 0 Å². The Morgan fingerprint density at radius 2 is 1.82 bits per heavy atom. The van der Waals surface area contributed by atoms with Gasteiger partial charge in [-0.3, -0.25) is 4.79 Å². The summed E-state index contributed by atoms with van der Waals surface area (Å²) in [5.74, 6) is -0.338. The van der Waals surface area contributed by atoms with E-state index in [9.17, 15) is 23.1 Å². The van der Waals surface area contributed by atoms with Gasteiger partial charge in [-0.2, -0.15) is 4.31 Å². The monoisotopic (exact) mass is 666 g/mol. The number of urea groups is 1. The van der Waals surface area contributed by atoms with Gasteiger partial charge in [-0.15, -0.1) is 0 Å². The molecule has 3 amide bonds. The third kappa shape index (κ3) is 10.3. The number of anilines is 1. The van der Waals surface area contributed by atoms with E-state index in [2.05, 4.69) is 10.6 Å². The van der Waals surface area contributed by atoms with Crippen LogP contribution in [-0.4, -0.2) is 92.3 Å². The van der Waals surface area contributed by atoms with Crippen LogP contribution in [-0.2, 0) is 14.8 Å². The number of sulfonamides is 1. The van der Waals surface area contributed by atoms with E-state index in [4.69, 9.17) is 21.1 Å². The molecule has 3 rings (SSSR count). The Bertz CT molecular complexity index is 1390. The number of rotatable bonds is 8. The zero-order chi connectivity index (χ0) is 33.3. The quantitative estimate of drug-likeness (QED) is 0.361. The van der Waals surface area contributed by atoms with Crippen molar-refractivity contribution in [2.45, 2.75) is 83.1 Å². The molecule has 250 valence electrons. The maximum atomic E-state index is 14.2. The van der Waals surface area contributed by atoms with E-state index in [0.717, 1.165) is 12.8 Å². The summed E-state index contributed by atoms with van der Waals surface area (Å²) >= 11 is 5.97. The fourth-order valence-corrected chi connectivity index (χ4v) is 6.34. The first kappa shape index (κ1) is 36.6. The molecule has 0 saturated heterocycles. The third-order valence-corrected chi connectivity index (χ3v) is 9.78. The number of nitrogens with zero attached hydrogens (tertiary/aromatic N) is 2. The molecule has 0 radical (unpaired) electrons. The Labute approximate surface area is 272 Å². The first-order valence-electron chi connectivity index (χ1n) is 15.4. The van der Waals surface area contributed by atoms with Crippen molar-refractivity contribution in [1.82, 2.24) is 14.5 Å². The first-order valence-corrected chi connectivity index (χ1v) is 17.2. The number of nitrogens with one attached hydrogen (secondary N) is 2. The molecule has 0 saturated carbocycles. The van der Waals surface area contributed by atoms with Crippen molar-refractivity contribution in [3.05, 3.63) is 53.1 Å². The van der Waals surface area contributed by atoms with Crippen LogP contribution in [0.25, 0.3) is 0 Å². The predicted molar refractivity (Wildman–Crippen MR) is 175 cm³/mol. The van der Waals surface area contributed by atoms with Crippen molar-refractivity contribution in [2.24, 2.45) is 5.92 Å². The van der Waals surface area contributed by atoms with E-state index < -0.39 is 34.1 Å². The molecule has 1 aliphatic heterocycles. The second-order valence-corrected chi connectivity index (χ2v) is 14.5. The maximum absolute atomic E-state index is 14.2. The van der Waals surface area contributed by atoms with Crippen LogP contribution in [0.4, 0.5) is 10.5 Å². The smallest absolute Gasteiger partial charge is 0.319 e. The minimum atomic E-state index is -3.84. The zero-order valence-corrected chi connectivity index (χ0v) is 28.5. The molecule has 4 atom stereocenters. The number of likely N-dealkylation sites (N-methyl/N-ethyl adjacent to an activating group) is 1. The van der Waals surface area contributed by atoms with Crippen molar-refractivity contribution in [2.75, 3.05) is 38.7 Å². The molecule has 0 unspecified atom stereocenters. The fraction of sp³-hybridized carbons (Fsp3) is 0.562. The van der Waals surface area contributed by atoms with E-state index in [1.165, 1.54) is 35.6 Å². The number of aliphatic hydroxyl groups excluding tert-OH is 1. The lowest BCUT2D eigenvalue weighted by atomic mass is 10.0. The number of hydrogen-bond acceptors (Lipinski definition) is 7. The summed E-state index contributed by atoms with van der Waals surface area (Å²) in [5, 5.41) is 16.1. The topological polar surface area (TPSA) is 138 Å². The molecule has 0 aliphatic carbocycles. The van der Waals surface area contributed by atoms with Crippen molar-refractivity contribution in [3.63, 3.8) is 0 Å². The van der Waals surface area contributed by atoms with Gasteiger partial charge in [-0.1, -0.05) is 18.5 Å². The zero-order valence-electron chi connectivity index (χ0n) is 27.0. The minimum absolute atomic E-state index is 0.0524. The number of halogens is 1. The Morgan fingerprint density at radius 3 is 2.47 bits per heavy atom. The molecule has 2 aromatic carbocycles. The van der Waals surface area contributed by atoms with Crippen molar-refractivity contribution >= 4 is 39.2 Å². The summed E-state index contributed by atoms with van der Waals surface area (Å²) in [6.45, 7) is 9.59. The molecule has 45 heavy (non-hydrogen) atoms. The molecule has 3 N–H and O–H groups in total. The third-order valence-electron chi connectivity index (χ3n) is 7.69. The number of carbonyl (C=O) groups excluding carboxylic acids is 2. The van der Waals surface area contributed by atoms with Gasteiger partial charge < -0.3 is 30.1 Å². The highest BCUT2D eigenvalue weighted by Gasteiger charge is 2.32. The van der Waals surface area contributed by atoms with Crippen molar-refractivity contribution in [3.8, 4) is 5.75 Å². The molecule has 0 fully saturated rings. The van der Waals surface area contributed by atoms with Gasteiger partial charge in [0.1, 0.15) is 5.75 Å². The molecule has 0 spiro atoms. The van der Waals surface area contributed by atoms with Gasteiger partial charge in [0, 0.05) is 49.4 Å².